The highest BCUT2D eigenvalue weighted by Crippen LogP contribution is 2.43. The van der Waals surface area contributed by atoms with Crippen LogP contribution in [0.5, 0.6) is 11.5 Å². The monoisotopic (exact) mass is 737 g/mol. The van der Waals surface area contributed by atoms with Crippen LogP contribution in [0.25, 0.3) is 0 Å². The van der Waals surface area contributed by atoms with Crippen molar-refractivity contribution < 1.29 is 45.4 Å². The van der Waals surface area contributed by atoms with E-state index in [0.29, 0.717) is 18.1 Å². The number of hydrogen-bond acceptors (Lipinski definition) is 10. The quantitative estimate of drug-likeness (QED) is 0.304. The van der Waals surface area contributed by atoms with Gasteiger partial charge in [0.25, 0.3) is 5.91 Å². The van der Waals surface area contributed by atoms with Crippen molar-refractivity contribution in [2.45, 2.75) is 50.3 Å². The van der Waals surface area contributed by atoms with Crippen molar-refractivity contribution in [1.29, 1.82) is 0 Å². The number of ether oxygens (including phenoxy) is 3. The normalized spacial score (nSPS) is 20.4. The SMILES string of the molecule is CCOC(=O)C1(CC2CC2)CNC(=O)CCCN(S(=O)(=O)c2ccc(NS(=O)(=O)N(C)C)cc2)CCNC(=O)COc2cc(ccc2OC)C1. The Morgan fingerprint density at radius 1 is 1.04 bits per heavy atom. The number of benzene rings is 2. The topological polar surface area (TPSA) is 190 Å². The standard InChI is InChI=1S/C33H47N5O10S2/c1-5-47-32(41)33(20-24-8-9-24)21-25-10-15-28(46-4)29(19-25)48-22-31(40)34-16-18-38(17-6-7-30(39)35-23-33)49(42,43)27-13-11-26(12-14-27)36-50(44,45)37(2)3/h10-15,19,24,36H,5-9,16-18,20-23H2,1-4H3,(H,34,40)(H,35,39). The molecule has 1 unspecified atom stereocenters. The summed E-state index contributed by atoms with van der Waals surface area (Å²) in [6.45, 7) is 1.34. The largest absolute Gasteiger partial charge is 0.493 e. The Balaban J connectivity index is 1.60. The fourth-order valence-corrected chi connectivity index (χ4v) is 7.75. The molecule has 2 aromatic carbocycles. The molecule has 2 aromatic rings. The van der Waals surface area contributed by atoms with Gasteiger partial charge < -0.3 is 24.8 Å². The average molecular weight is 738 g/mol. The Morgan fingerprint density at radius 3 is 2.40 bits per heavy atom. The van der Waals surface area contributed by atoms with Crippen LogP contribution in [0.3, 0.4) is 0 Å². The molecule has 2 amide bonds. The van der Waals surface area contributed by atoms with Crippen molar-refractivity contribution in [3.8, 4) is 11.5 Å². The van der Waals surface area contributed by atoms with Gasteiger partial charge in [0.2, 0.25) is 15.9 Å². The first kappa shape index (κ1) is 38.9. The van der Waals surface area contributed by atoms with Crippen molar-refractivity contribution in [3.63, 3.8) is 0 Å². The summed E-state index contributed by atoms with van der Waals surface area (Å²) >= 11 is 0. The number of carbonyl (C=O) groups is 3. The minimum absolute atomic E-state index is 0.0213. The van der Waals surface area contributed by atoms with Gasteiger partial charge in [0.15, 0.2) is 18.1 Å². The maximum absolute atomic E-state index is 13.8. The van der Waals surface area contributed by atoms with Crippen molar-refractivity contribution in [2.24, 2.45) is 11.3 Å². The van der Waals surface area contributed by atoms with E-state index in [1.54, 1.807) is 19.1 Å². The molecule has 1 aliphatic heterocycles. The summed E-state index contributed by atoms with van der Waals surface area (Å²) in [4.78, 5) is 39.5. The number of anilines is 1. The minimum atomic E-state index is -4.14. The van der Waals surface area contributed by atoms with Crippen LogP contribution >= 0.6 is 0 Å². The van der Waals surface area contributed by atoms with Crippen molar-refractivity contribution >= 4 is 43.7 Å². The van der Waals surface area contributed by atoms with E-state index >= 15 is 0 Å². The number of amides is 2. The van der Waals surface area contributed by atoms with Gasteiger partial charge in [-0.2, -0.15) is 17.0 Å². The van der Waals surface area contributed by atoms with E-state index in [4.69, 9.17) is 14.2 Å². The molecular formula is C33H47N5O10S2. The number of hydrogen-bond donors (Lipinski definition) is 3. The smallest absolute Gasteiger partial charge is 0.314 e. The third-order valence-electron chi connectivity index (χ3n) is 8.55. The van der Waals surface area contributed by atoms with E-state index in [0.717, 1.165) is 27.0 Å². The Labute approximate surface area is 294 Å². The molecule has 1 fully saturated rings. The Hall–Kier alpha value is -3.93. The predicted molar refractivity (Wildman–Crippen MR) is 185 cm³/mol. The molecule has 1 heterocycles. The summed E-state index contributed by atoms with van der Waals surface area (Å²) < 4.78 is 73.2. The molecule has 0 spiro atoms. The van der Waals surface area contributed by atoms with Crippen LogP contribution in [0.15, 0.2) is 47.4 Å². The molecule has 3 N–H and O–H groups in total. The Kier molecular flexibility index (Phi) is 13.1. The molecule has 0 aromatic heterocycles. The fraction of sp³-hybridized carbons (Fsp3) is 0.545. The van der Waals surface area contributed by atoms with Crippen LogP contribution in [-0.2, 0) is 45.8 Å². The maximum Gasteiger partial charge on any atom is 0.314 e. The van der Waals surface area contributed by atoms with Crippen LogP contribution in [-0.4, -0.2) is 104 Å². The van der Waals surface area contributed by atoms with E-state index in [2.05, 4.69) is 15.4 Å². The lowest BCUT2D eigenvalue weighted by Gasteiger charge is -2.32. The zero-order valence-electron chi connectivity index (χ0n) is 28.9. The number of nitrogens with one attached hydrogen (secondary N) is 3. The van der Waals surface area contributed by atoms with Gasteiger partial charge in [0, 0.05) is 52.4 Å². The number of rotatable bonds is 10. The van der Waals surface area contributed by atoms with Gasteiger partial charge in [0.05, 0.1) is 24.0 Å². The second-order valence-electron chi connectivity index (χ2n) is 12.6. The number of fused-ring (bicyclic) bond motifs is 2. The first-order chi connectivity index (χ1) is 23.7. The molecule has 2 aliphatic rings. The fourth-order valence-electron chi connectivity index (χ4n) is 5.65. The summed E-state index contributed by atoms with van der Waals surface area (Å²) in [5.74, 6) is -0.286. The lowest BCUT2D eigenvalue weighted by atomic mass is 9.76. The van der Waals surface area contributed by atoms with Crippen LogP contribution in [0.1, 0.15) is 44.6 Å². The molecule has 17 heteroatoms. The number of sulfonamides is 1. The Bertz CT molecular complexity index is 1730. The van der Waals surface area contributed by atoms with Crippen LogP contribution in [0.2, 0.25) is 0 Å². The van der Waals surface area contributed by atoms with E-state index in [9.17, 15) is 31.2 Å². The van der Waals surface area contributed by atoms with Gasteiger partial charge in [-0.15, -0.1) is 0 Å². The number of methoxy groups -OCH3 is 1. The highest BCUT2D eigenvalue weighted by molar-refractivity contribution is 7.90. The van der Waals surface area contributed by atoms with Gasteiger partial charge in [-0.25, -0.2) is 8.42 Å². The molecular weight excluding hydrogens is 691 g/mol. The second kappa shape index (κ2) is 16.9. The maximum atomic E-state index is 13.8. The minimum Gasteiger partial charge on any atom is -0.493 e. The zero-order valence-corrected chi connectivity index (χ0v) is 30.5. The van der Waals surface area contributed by atoms with Gasteiger partial charge >= 0.3 is 16.2 Å². The van der Waals surface area contributed by atoms with Crippen LogP contribution in [0.4, 0.5) is 5.69 Å². The zero-order chi connectivity index (χ0) is 36.5. The van der Waals surface area contributed by atoms with Crippen LogP contribution in [0, 0.1) is 11.3 Å². The summed E-state index contributed by atoms with van der Waals surface area (Å²) in [6, 6.07) is 10.5. The molecule has 2 bridgehead atoms. The first-order valence-corrected chi connectivity index (χ1v) is 19.4. The summed E-state index contributed by atoms with van der Waals surface area (Å²) in [5, 5.41) is 5.60. The van der Waals surface area contributed by atoms with Crippen molar-refractivity contribution in [2.75, 3.05) is 65.3 Å². The molecule has 15 nitrogen and oxygen atoms in total. The molecule has 1 atom stereocenters. The summed E-state index contributed by atoms with van der Waals surface area (Å²) in [5.41, 5.74) is -0.151. The average Bonchev–Trinajstić information content (AvgIpc) is 3.89. The second-order valence-corrected chi connectivity index (χ2v) is 16.5. The molecule has 1 aliphatic carbocycles. The van der Waals surface area contributed by atoms with Crippen molar-refractivity contribution in [1.82, 2.24) is 19.2 Å². The first-order valence-electron chi connectivity index (χ1n) is 16.5. The van der Waals surface area contributed by atoms with E-state index < -0.39 is 37.5 Å². The Morgan fingerprint density at radius 2 is 1.76 bits per heavy atom. The number of carbonyl (C=O) groups excluding carboxylic acids is 3. The predicted octanol–water partition coefficient (Wildman–Crippen LogP) is 1.90. The van der Waals surface area contributed by atoms with Gasteiger partial charge in [-0.3, -0.25) is 19.1 Å². The highest BCUT2D eigenvalue weighted by atomic mass is 32.2. The van der Waals surface area contributed by atoms with Crippen LogP contribution < -0.4 is 24.8 Å². The lowest BCUT2D eigenvalue weighted by Crippen LogP contribution is -2.46. The third-order valence-corrected chi connectivity index (χ3v) is 11.9. The lowest BCUT2D eigenvalue weighted by molar-refractivity contribution is -0.156. The van der Waals surface area contributed by atoms with E-state index in [1.807, 2.05) is 6.07 Å². The molecule has 0 radical (unpaired) electrons. The highest BCUT2D eigenvalue weighted by Gasteiger charge is 2.45. The molecule has 50 heavy (non-hydrogen) atoms. The number of esters is 1. The van der Waals surface area contributed by atoms with Crippen molar-refractivity contribution in [3.05, 3.63) is 48.0 Å². The molecule has 4 rings (SSSR count). The number of nitrogens with zero attached hydrogens (tertiary/aromatic N) is 2. The molecule has 0 saturated heterocycles. The molecule has 1 saturated carbocycles. The summed E-state index contributed by atoms with van der Waals surface area (Å²) in [6.07, 6.45) is 2.83. The van der Waals surface area contributed by atoms with Gasteiger partial charge in [0.1, 0.15) is 0 Å². The van der Waals surface area contributed by atoms with Gasteiger partial charge in [-0.05, 0) is 74.1 Å². The van der Waals surface area contributed by atoms with E-state index in [-0.39, 0.29) is 80.9 Å². The van der Waals surface area contributed by atoms with Gasteiger partial charge in [-0.1, -0.05) is 18.9 Å². The van der Waals surface area contributed by atoms with E-state index in [1.165, 1.54) is 45.5 Å². The molecule has 276 valence electrons. The summed E-state index contributed by atoms with van der Waals surface area (Å²) in [7, 11) is -3.75. The third kappa shape index (κ3) is 10.3.